The van der Waals surface area contributed by atoms with Crippen LogP contribution in [0.2, 0.25) is 0 Å². The number of benzene rings is 2. The lowest BCUT2D eigenvalue weighted by molar-refractivity contribution is -0.137. The average Bonchev–Trinajstić information content (AvgIpc) is 3.34. The molecule has 2 N–H and O–H groups in total. The molecule has 0 saturated heterocycles. The number of hydrogen-bond donors (Lipinski definition) is 2. The number of alkyl halides is 3. The first kappa shape index (κ1) is 19.4. The molecule has 1 atom stereocenters. The van der Waals surface area contributed by atoms with Gasteiger partial charge in [0.2, 0.25) is 5.91 Å². The van der Waals surface area contributed by atoms with E-state index in [9.17, 15) is 27.5 Å². The number of carbonyl (C=O) groups is 1. The first-order chi connectivity index (χ1) is 12.5. The van der Waals surface area contributed by atoms with Gasteiger partial charge >= 0.3 is 6.18 Å². The summed E-state index contributed by atoms with van der Waals surface area (Å²) in [5.74, 6) is -0.945. The Kier molecular flexibility index (Phi) is 4.76. The molecular weight excluding hydrogens is 362 g/mol. The van der Waals surface area contributed by atoms with Crippen LogP contribution in [0.15, 0.2) is 48.5 Å². The van der Waals surface area contributed by atoms with Gasteiger partial charge in [-0.25, -0.2) is 4.39 Å². The molecule has 3 rings (SSSR count). The lowest BCUT2D eigenvalue weighted by atomic mass is 9.91. The van der Waals surface area contributed by atoms with E-state index >= 15 is 0 Å². The molecule has 7 heteroatoms. The number of hydrogen-bond acceptors (Lipinski definition) is 2. The van der Waals surface area contributed by atoms with Crippen molar-refractivity contribution < 1.29 is 27.5 Å². The molecule has 3 nitrogen and oxygen atoms in total. The first-order valence-corrected chi connectivity index (χ1v) is 8.49. The lowest BCUT2D eigenvalue weighted by Crippen LogP contribution is -2.39. The Morgan fingerprint density at radius 3 is 2.30 bits per heavy atom. The van der Waals surface area contributed by atoms with Gasteiger partial charge in [0.05, 0.1) is 23.1 Å². The molecule has 1 fully saturated rings. The van der Waals surface area contributed by atoms with Crippen molar-refractivity contribution in [2.45, 2.75) is 43.5 Å². The van der Waals surface area contributed by atoms with E-state index < -0.39 is 34.6 Å². The molecule has 2 aromatic rings. The minimum Gasteiger partial charge on any atom is -0.385 e. The molecule has 1 saturated carbocycles. The fraction of sp³-hybridized carbons (Fsp3) is 0.350. The summed E-state index contributed by atoms with van der Waals surface area (Å²) in [6.45, 7) is 1.43. The Balaban J connectivity index is 1.73. The fourth-order valence-corrected chi connectivity index (χ4v) is 3.14. The third-order valence-electron chi connectivity index (χ3n) is 4.84. The maximum atomic E-state index is 13.0. The molecule has 0 bridgehead atoms. The number of amides is 1. The highest BCUT2D eigenvalue weighted by atomic mass is 19.4. The summed E-state index contributed by atoms with van der Waals surface area (Å²) in [7, 11) is 0. The number of carbonyl (C=O) groups excluding carboxylic acids is 1. The van der Waals surface area contributed by atoms with Crippen LogP contribution in [-0.2, 0) is 22.1 Å². The smallest absolute Gasteiger partial charge is 0.385 e. The minimum absolute atomic E-state index is 0.292. The van der Waals surface area contributed by atoms with Crippen molar-refractivity contribution in [1.29, 1.82) is 0 Å². The van der Waals surface area contributed by atoms with E-state index in [0.29, 0.717) is 24.0 Å². The predicted molar refractivity (Wildman–Crippen MR) is 91.1 cm³/mol. The van der Waals surface area contributed by atoms with Gasteiger partial charge < -0.3 is 10.4 Å². The van der Waals surface area contributed by atoms with Crippen LogP contribution >= 0.6 is 0 Å². The van der Waals surface area contributed by atoms with E-state index in [2.05, 4.69) is 5.32 Å². The molecule has 27 heavy (non-hydrogen) atoms. The van der Waals surface area contributed by atoms with E-state index in [4.69, 9.17) is 0 Å². The number of aliphatic hydroxyl groups is 1. The van der Waals surface area contributed by atoms with Crippen LogP contribution in [0.3, 0.4) is 0 Å². The van der Waals surface area contributed by atoms with Gasteiger partial charge in [0.1, 0.15) is 5.82 Å². The number of halogens is 4. The summed E-state index contributed by atoms with van der Waals surface area (Å²) in [5, 5.41) is 13.3. The van der Waals surface area contributed by atoms with Crippen molar-refractivity contribution in [1.82, 2.24) is 5.32 Å². The largest absolute Gasteiger partial charge is 0.416 e. The predicted octanol–water partition coefficient (Wildman–Crippen LogP) is 4.25. The van der Waals surface area contributed by atoms with Crippen molar-refractivity contribution in [3.8, 4) is 0 Å². The molecule has 1 aliphatic carbocycles. The van der Waals surface area contributed by atoms with Crippen molar-refractivity contribution in [2.75, 3.05) is 0 Å². The maximum absolute atomic E-state index is 13.0. The second kappa shape index (κ2) is 6.64. The Morgan fingerprint density at radius 2 is 1.74 bits per heavy atom. The molecule has 2 aromatic carbocycles. The Labute approximate surface area is 154 Å². The second-order valence-corrected chi connectivity index (χ2v) is 7.17. The van der Waals surface area contributed by atoms with Crippen molar-refractivity contribution in [3.05, 3.63) is 71.0 Å². The third kappa shape index (κ3) is 4.30. The Morgan fingerprint density at radius 1 is 1.11 bits per heavy atom. The van der Waals surface area contributed by atoms with Gasteiger partial charge in [-0.1, -0.05) is 24.3 Å². The summed E-state index contributed by atoms with van der Waals surface area (Å²) in [5.41, 5.74) is -2.35. The number of nitrogens with one attached hydrogen (secondary N) is 1. The normalized spacial score (nSPS) is 17.9. The van der Waals surface area contributed by atoms with Gasteiger partial charge in [0, 0.05) is 0 Å². The van der Waals surface area contributed by atoms with Crippen LogP contribution in [0.4, 0.5) is 17.6 Å². The van der Waals surface area contributed by atoms with Crippen LogP contribution < -0.4 is 5.32 Å². The molecule has 0 aliphatic heterocycles. The molecule has 0 spiro atoms. The van der Waals surface area contributed by atoms with Gasteiger partial charge in [-0.3, -0.25) is 4.79 Å². The zero-order chi connectivity index (χ0) is 19.9. The highest BCUT2D eigenvalue weighted by Gasteiger charge is 2.47. The van der Waals surface area contributed by atoms with Crippen molar-refractivity contribution in [2.24, 2.45) is 0 Å². The molecule has 1 amide bonds. The third-order valence-corrected chi connectivity index (χ3v) is 4.84. The Bertz CT molecular complexity index is 840. The van der Waals surface area contributed by atoms with E-state index in [1.807, 2.05) is 0 Å². The van der Waals surface area contributed by atoms with Gasteiger partial charge in [-0.15, -0.1) is 0 Å². The fourth-order valence-electron chi connectivity index (χ4n) is 3.14. The van der Waals surface area contributed by atoms with E-state index in [1.165, 1.54) is 37.3 Å². The van der Waals surface area contributed by atoms with Gasteiger partial charge in [0.15, 0.2) is 0 Å². The topological polar surface area (TPSA) is 49.3 Å². The monoisotopic (exact) mass is 381 g/mol. The van der Waals surface area contributed by atoms with Crippen LogP contribution in [0.25, 0.3) is 0 Å². The second-order valence-electron chi connectivity index (χ2n) is 7.17. The lowest BCUT2D eigenvalue weighted by Gasteiger charge is -2.26. The first-order valence-electron chi connectivity index (χ1n) is 8.49. The van der Waals surface area contributed by atoms with E-state index in [1.54, 1.807) is 6.07 Å². The summed E-state index contributed by atoms with van der Waals surface area (Å²) < 4.78 is 51.8. The highest BCUT2D eigenvalue weighted by molar-refractivity contribution is 5.79. The van der Waals surface area contributed by atoms with Crippen molar-refractivity contribution in [3.63, 3.8) is 0 Å². The standard InChI is InChI=1S/C20H19F4NO2/c1-18(27,13-5-7-16(21)8-6-13)12-17(26)25-19(9-10-19)14-3-2-4-15(11-14)20(22,23)24/h2-8,11,27H,9-10,12H2,1H3,(H,25,26)/t18-/m0/s1. The number of rotatable bonds is 5. The summed E-state index contributed by atoms with van der Waals surface area (Å²) in [6, 6.07) is 10.1. The van der Waals surface area contributed by atoms with Crippen LogP contribution in [0.1, 0.15) is 42.9 Å². The minimum atomic E-state index is -4.46. The van der Waals surface area contributed by atoms with E-state index in [-0.39, 0.29) is 6.42 Å². The Hall–Kier alpha value is -2.41. The van der Waals surface area contributed by atoms with Gasteiger partial charge in [-0.2, -0.15) is 13.2 Å². The van der Waals surface area contributed by atoms with Crippen LogP contribution in [0, 0.1) is 5.82 Å². The molecule has 0 radical (unpaired) electrons. The SMILES string of the molecule is C[C@](O)(CC(=O)NC1(c2cccc(C(F)(F)F)c2)CC1)c1ccc(F)cc1. The zero-order valence-corrected chi connectivity index (χ0v) is 14.6. The maximum Gasteiger partial charge on any atom is 0.416 e. The van der Waals surface area contributed by atoms with Gasteiger partial charge in [0.25, 0.3) is 0 Å². The zero-order valence-electron chi connectivity index (χ0n) is 14.6. The van der Waals surface area contributed by atoms with Gasteiger partial charge in [-0.05, 0) is 55.2 Å². The highest BCUT2D eigenvalue weighted by Crippen LogP contribution is 2.47. The molecule has 0 aromatic heterocycles. The quantitative estimate of drug-likeness (QED) is 0.761. The average molecular weight is 381 g/mol. The molecule has 1 aliphatic rings. The molecule has 0 unspecified atom stereocenters. The van der Waals surface area contributed by atoms with Crippen molar-refractivity contribution >= 4 is 5.91 Å². The van der Waals surface area contributed by atoms with Crippen LogP contribution in [0.5, 0.6) is 0 Å². The van der Waals surface area contributed by atoms with Crippen LogP contribution in [-0.4, -0.2) is 11.0 Å². The molecule has 0 heterocycles. The summed E-state index contributed by atoms with van der Waals surface area (Å²) >= 11 is 0. The molecule has 144 valence electrons. The van der Waals surface area contributed by atoms with E-state index in [0.717, 1.165) is 12.1 Å². The molecular formula is C20H19F4NO2. The summed E-state index contributed by atoms with van der Waals surface area (Å²) in [4.78, 5) is 12.4. The summed E-state index contributed by atoms with van der Waals surface area (Å²) in [6.07, 6.45) is -3.70.